The molecular weight excluding hydrogens is 683 g/mol. The third-order valence-electron chi connectivity index (χ3n) is 10.8. The van der Waals surface area contributed by atoms with Gasteiger partial charge >= 0.3 is 0 Å². The van der Waals surface area contributed by atoms with Crippen molar-refractivity contribution in [3.05, 3.63) is 194 Å². The summed E-state index contributed by atoms with van der Waals surface area (Å²) in [4.78, 5) is 15.5. The molecule has 0 saturated carbocycles. The maximum absolute atomic E-state index is 6.58. The van der Waals surface area contributed by atoms with E-state index in [1.807, 2.05) is 12.1 Å². The normalized spacial score (nSPS) is 12.8. The largest absolute Gasteiger partial charge is 0.482 e. The van der Waals surface area contributed by atoms with Crippen LogP contribution in [0.3, 0.4) is 0 Å². The third kappa shape index (κ3) is 6.02. The maximum Gasteiger partial charge on any atom is 0.164 e. The van der Waals surface area contributed by atoms with Crippen molar-refractivity contribution >= 4 is 10.8 Å². The van der Waals surface area contributed by atoms with Crippen LogP contribution in [-0.2, 0) is 5.60 Å². The summed E-state index contributed by atoms with van der Waals surface area (Å²) in [6.45, 7) is 4.26. The van der Waals surface area contributed by atoms with Crippen LogP contribution in [0.4, 0.5) is 0 Å². The Morgan fingerprint density at radius 1 is 0.375 bits per heavy atom. The van der Waals surface area contributed by atoms with Crippen LogP contribution in [0.2, 0.25) is 0 Å². The molecule has 1 aromatic heterocycles. The zero-order valence-corrected chi connectivity index (χ0v) is 31.1. The van der Waals surface area contributed by atoms with Crippen molar-refractivity contribution in [1.82, 2.24) is 15.0 Å². The first kappa shape index (κ1) is 33.4. The lowest BCUT2D eigenvalue weighted by Crippen LogP contribution is -2.29. The lowest BCUT2D eigenvalue weighted by Gasteiger charge is -2.35. The molecule has 0 fully saturated rings. The number of aromatic nitrogens is 3. The zero-order chi connectivity index (χ0) is 37.6. The second kappa shape index (κ2) is 13.6. The van der Waals surface area contributed by atoms with E-state index in [1.165, 1.54) is 22.1 Å². The average molecular weight is 720 g/mol. The molecule has 0 aliphatic carbocycles. The third-order valence-corrected chi connectivity index (χ3v) is 10.8. The fourth-order valence-electron chi connectivity index (χ4n) is 7.99. The van der Waals surface area contributed by atoms with Gasteiger partial charge in [0.2, 0.25) is 0 Å². The summed E-state index contributed by atoms with van der Waals surface area (Å²) in [7, 11) is 0. The van der Waals surface area contributed by atoms with Gasteiger partial charge in [-0.2, -0.15) is 0 Å². The van der Waals surface area contributed by atoms with Crippen LogP contribution < -0.4 is 4.74 Å². The van der Waals surface area contributed by atoms with Crippen LogP contribution in [0.1, 0.15) is 19.4 Å². The van der Waals surface area contributed by atoms with Gasteiger partial charge < -0.3 is 4.74 Å². The first-order chi connectivity index (χ1) is 27.5. The monoisotopic (exact) mass is 719 g/mol. The van der Waals surface area contributed by atoms with E-state index in [9.17, 15) is 0 Å². The number of nitrogens with zero attached hydrogens (tertiary/aromatic N) is 3. The summed E-state index contributed by atoms with van der Waals surface area (Å²) < 4.78 is 6.58. The molecule has 0 spiro atoms. The smallest absolute Gasteiger partial charge is 0.164 e. The molecule has 0 radical (unpaired) electrons. The molecule has 1 aliphatic heterocycles. The molecule has 266 valence electrons. The zero-order valence-electron chi connectivity index (χ0n) is 31.1. The summed E-state index contributed by atoms with van der Waals surface area (Å²) in [6, 6.07) is 65.7. The number of rotatable bonds is 6. The lowest BCUT2D eigenvalue weighted by atomic mass is 9.83. The van der Waals surface area contributed by atoms with Crippen LogP contribution in [0.5, 0.6) is 5.75 Å². The minimum atomic E-state index is -0.422. The summed E-state index contributed by atoms with van der Waals surface area (Å²) in [5.74, 6) is 2.75. The van der Waals surface area contributed by atoms with Crippen molar-refractivity contribution in [1.29, 1.82) is 0 Å². The molecule has 1 aliphatic rings. The number of hydrogen-bond acceptors (Lipinski definition) is 4. The summed E-state index contributed by atoms with van der Waals surface area (Å²) in [5.41, 5.74) is 12.6. The van der Waals surface area contributed by atoms with Crippen LogP contribution in [0.25, 0.3) is 89.4 Å². The Morgan fingerprint density at radius 3 is 1.57 bits per heavy atom. The van der Waals surface area contributed by atoms with E-state index in [-0.39, 0.29) is 0 Å². The average Bonchev–Trinajstić information content (AvgIpc) is 3.26. The van der Waals surface area contributed by atoms with Gasteiger partial charge in [-0.1, -0.05) is 170 Å². The van der Waals surface area contributed by atoms with Gasteiger partial charge in [-0.25, -0.2) is 15.0 Å². The van der Waals surface area contributed by atoms with E-state index >= 15 is 0 Å². The van der Waals surface area contributed by atoms with Gasteiger partial charge in [-0.3, -0.25) is 0 Å². The molecule has 0 amide bonds. The molecule has 0 saturated heterocycles. The molecule has 10 rings (SSSR count). The highest BCUT2D eigenvalue weighted by Gasteiger charge is 2.33. The predicted octanol–water partition coefficient (Wildman–Crippen LogP) is 13.3. The fraction of sp³-hybridized carbons (Fsp3) is 0.0577. The van der Waals surface area contributed by atoms with Gasteiger partial charge in [0.1, 0.15) is 11.4 Å². The van der Waals surface area contributed by atoms with Crippen molar-refractivity contribution in [3.63, 3.8) is 0 Å². The molecule has 4 heteroatoms. The molecule has 9 aromatic rings. The van der Waals surface area contributed by atoms with Gasteiger partial charge in [0.05, 0.1) is 0 Å². The van der Waals surface area contributed by atoms with Crippen molar-refractivity contribution in [2.24, 2.45) is 0 Å². The number of fused-ring (bicyclic) bond motifs is 4. The first-order valence-corrected chi connectivity index (χ1v) is 19.0. The van der Waals surface area contributed by atoms with Crippen molar-refractivity contribution in [3.8, 4) is 84.4 Å². The number of ether oxygens (including phenoxy) is 1. The number of hydrogen-bond donors (Lipinski definition) is 0. The molecule has 0 atom stereocenters. The molecular formula is C52H37N3O. The Hall–Kier alpha value is -7.17. The highest BCUT2D eigenvalue weighted by molar-refractivity contribution is 6.00. The standard InChI is InChI=1S/C52H37N3O/c1-52(2)46-22-12-11-20-44(46)48-43(21-13-23-47(48)56-52)37-26-30-39(31-27-37)50-53-49(38-28-24-35(25-29-38)34-14-5-3-6-15-34)54-51(55-50)41-32-40-18-9-10-19-42(40)45(33-41)36-16-7-4-8-17-36/h3-33H,1-2H3. The van der Waals surface area contributed by atoms with Gasteiger partial charge in [-0.15, -0.1) is 0 Å². The quantitative estimate of drug-likeness (QED) is 0.172. The van der Waals surface area contributed by atoms with Crippen molar-refractivity contribution in [2.75, 3.05) is 0 Å². The minimum absolute atomic E-state index is 0.422. The van der Waals surface area contributed by atoms with E-state index < -0.39 is 5.60 Å². The Balaban J connectivity index is 1.10. The topological polar surface area (TPSA) is 47.9 Å². The Bertz CT molecular complexity index is 2880. The highest BCUT2D eigenvalue weighted by Crippen LogP contribution is 2.49. The molecule has 4 nitrogen and oxygen atoms in total. The fourth-order valence-corrected chi connectivity index (χ4v) is 7.99. The number of benzene rings is 8. The summed E-state index contributed by atoms with van der Waals surface area (Å²) in [5, 5.41) is 2.31. The van der Waals surface area contributed by atoms with Crippen LogP contribution >= 0.6 is 0 Å². The van der Waals surface area contributed by atoms with Crippen LogP contribution in [0.15, 0.2) is 188 Å². The predicted molar refractivity (Wildman–Crippen MR) is 229 cm³/mol. The van der Waals surface area contributed by atoms with Crippen molar-refractivity contribution < 1.29 is 4.74 Å². The van der Waals surface area contributed by atoms with E-state index in [0.717, 1.165) is 61.2 Å². The minimum Gasteiger partial charge on any atom is -0.482 e. The maximum atomic E-state index is 6.58. The Morgan fingerprint density at radius 2 is 0.875 bits per heavy atom. The van der Waals surface area contributed by atoms with Crippen LogP contribution in [0, 0.1) is 0 Å². The first-order valence-electron chi connectivity index (χ1n) is 19.0. The SMILES string of the molecule is CC1(C)Oc2cccc(-c3ccc(-c4nc(-c5ccc(-c6ccccc6)cc5)nc(-c5cc(-c6ccccc6)c6ccccc6c5)n4)cc3)c2-c2ccccc21. The van der Waals surface area contributed by atoms with E-state index in [1.54, 1.807) is 0 Å². The second-order valence-corrected chi connectivity index (χ2v) is 14.8. The van der Waals surface area contributed by atoms with Crippen LogP contribution in [-0.4, -0.2) is 15.0 Å². The van der Waals surface area contributed by atoms with Gasteiger partial charge in [0, 0.05) is 27.8 Å². The molecule has 2 heterocycles. The highest BCUT2D eigenvalue weighted by atomic mass is 16.5. The summed E-state index contributed by atoms with van der Waals surface area (Å²) >= 11 is 0. The van der Waals surface area contributed by atoms with Crippen molar-refractivity contribution in [2.45, 2.75) is 19.4 Å². The van der Waals surface area contributed by atoms with Gasteiger partial charge in [0.25, 0.3) is 0 Å². The van der Waals surface area contributed by atoms with E-state index in [2.05, 4.69) is 190 Å². The molecule has 0 bridgehead atoms. The molecule has 0 unspecified atom stereocenters. The Labute approximate surface area is 326 Å². The molecule has 56 heavy (non-hydrogen) atoms. The summed E-state index contributed by atoms with van der Waals surface area (Å²) in [6.07, 6.45) is 0. The second-order valence-electron chi connectivity index (χ2n) is 14.8. The molecule has 8 aromatic carbocycles. The van der Waals surface area contributed by atoms with Gasteiger partial charge in [0.15, 0.2) is 17.5 Å². The van der Waals surface area contributed by atoms with E-state index in [4.69, 9.17) is 19.7 Å². The van der Waals surface area contributed by atoms with E-state index in [0.29, 0.717) is 17.5 Å². The molecule has 0 N–H and O–H groups in total. The lowest BCUT2D eigenvalue weighted by molar-refractivity contribution is 0.106. The van der Waals surface area contributed by atoms with Gasteiger partial charge in [-0.05, 0) is 81.8 Å². The Kier molecular flexibility index (Phi) is 8.11.